The maximum absolute atomic E-state index is 10.5. The molecule has 5 heteroatoms. The summed E-state index contributed by atoms with van der Waals surface area (Å²) in [7, 11) is 0. The number of hydrogen-bond donors (Lipinski definition) is 1. The standard InChI is InChI=1S/C13H13BrClNO2/c14-9-1-2-10(11(15)7-9)12(17)13(8-16)3-5-18-6-4-13/h1-2,7,12,17H,3-6H2. The Morgan fingerprint density at radius 1 is 1.44 bits per heavy atom. The molecule has 1 atom stereocenters. The highest BCUT2D eigenvalue weighted by Crippen LogP contribution is 2.44. The average Bonchev–Trinajstić information content (AvgIpc) is 2.39. The summed E-state index contributed by atoms with van der Waals surface area (Å²) in [6, 6.07) is 7.55. The zero-order valence-corrected chi connectivity index (χ0v) is 12.0. The van der Waals surface area contributed by atoms with Gasteiger partial charge < -0.3 is 9.84 Å². The second-order valence-electron chi connectivity index (χ2n) is 4.45. The minimum absolute atomic E-state index is 0.470. The van der Waals surface area contributed by atoms with Crippen molar-refractivity contribution in [3.8, 4) is 6.07 Å². The first-order valence-electron chi connectivity index (χ1n) is 5.71. The van der Waals surface area contributed by atoms with Gasteiger partial charge in [0, 0.05) is 28.3 Å². The van der Waals surface area contributed by atoms with Crippen molar-refractivity contribution in [2.24, 2.45) is 5.41 Å². The number of rotatable bonds is 2. The predicted molar refractivity (Wildman–Crippen MR) is 72.2 cm³/mol. The highest BCUT2D eigenvalue weighted by molar-refractivity contribution is 9.10. The molecule has 1 aliphatic rings. The molecule has 0 amide bonds. The third kappa shape index (κ3) is 2.55. The molecule has 96 valence electrons. The summed E-state index contributed by atoms with van der Waals surface area (Å²) in [5.74, 6) is 0. The number of aliphatic hydroxyl groups excluding tert-OH is 1. The number of hydrogen-bond acceptors (Lipinski definition) is 3. The lowest BCUT2D eigenvalue weighted by molar-refractivity contribution is -0.0309. The summed E-state index contributed by atoms with van der Waals surface area (Å²) < 4.78 is 6.11. The molecule has 0 saturated carbocycles. The summed E-state index contributed by atoms with van der Waals surface area (Å²) in [4.78, 5) is 0. The lowest BCUT2D eigenvalue weighted by Crippen LogP contribution is -2.34. The molecule has 1 saturated heterocycles. The lowest BCUT2D eigenvalue weighted by atomic mass is 9.74. The van der Waals surface area contributed by atoms with E-state index in [0.29, 0.717) is 36.6 Å². The number of benzene rings is 1. The summed E-state index contributed by atoms with van der Waals surface area (Å²) >= 11 is 9.45. The molecular weight excluding hydrogens is 318 g/mol. The highest BCUT2D eigenvalue weighted by atomic mass is 79.9. The fourth-order valence-electron chi connectivity index (χ4n) is 2.20. The average molecular weight is 331 g/mol. The van der Waals surface area contributed by atoms with Crippen LogP contribution in [0.3, 0.4) is 0 Å². The van der Waals surface area contributed by atoms with Crippen LogP contribution in [0.2, 0.25) is 5.02 Å². The van der Waals surface area contributed by atoms with Crippen molar-refractivity contribution in [3.05, 3.63) is 33.3 Å². The zero-order valence-electron chi connectivity index (χ0n) is 9.70. The molecule has 2 rings (SSSR count). The minimum Gasteiger partial charge on any atom is -0.387 e. The molecule has 18 heavy (non-hydrogen) atoms. The second kappa shape index (κ2) is 5.58. The van der Waals surface area contributed by atoms with Gasteiger partial charge in [-0.15, -0.1) is 0 Å². The van der Waals surface area contributed by atoms with Gasteiger partial charge in [0.15, 0.2) is 0 Å². The monoisotopic (exact) mass is 329 g/mol. The zero-order chi connectivity index (χ0) is 13.2. The first-order chi connectivity index (χ1) is 8.59. The minimum atomic E-state index is -0.882. The molecule has 0 bridgehead atoms. The Morgan fingerprint density at radius 2 is 2.11 bits per heavy atom. The van der Waals surface area contributed by atoms with Gasteiger partial charge in [0.25, 0.3) is 0 Å². The van der Waals surface area contributed by atoms with Crippen LogP contribution in [-0.2, 0) is 4.74 Å². The van der Waals surface area contributed by atoms with Gasteiger partial charge in [0.05, 0.1) is 17.6 Å². The fraction of sp³-hybridized carbons (Fsp3) is 0.462. The number of halogens is 2. The summed E-state index contributed by atoms with van der Waals surface area (Å²) in [5, 5.41) is 20.4. The van der Waals surface area contributed by atoms with Gasteiger partial charge >= 0.3 is 0 Å². The number of nitriles is 1. The van der Waals surface area contributed by atoms with Crippen LogP contribution in [0.25, 0.3) is 0 Å². The van der Waals surface area contributed by atoms with Crippen molar-refractivity contribution in [2.45, 2.75) is 18.9 Å². The molecule has 1 N–H and O–H groups in total. The van der Waals surface area contributed by atoms with Crippen LogP contribution in [0.5, 0.6) is 0 Å². The topological polar surface area (TPSA) is 53.2 Å². The summed E-state index contributed by atoms with van der Waals surface area (Å²) in [6.07, 6.45) is 0.167. The first kappa shape index (κ1) is 13.8. The van der Waals surface area contributed by atoms with E-state index in [0.717, 1.165) is 4.47 Å². The van der Waals surface area contributed by atoms with E-state index in [4.69, 9.17) is 16.3 Å². The second-order valence-corrected chi connectivity index (χ2v) is 5.77. The number of aliphatic hydroxyl groups is 1. The van der Waals surface area contributed by atoms with Crippen LogP contribution < -0.4 is 0 Å². The van der Waals surface area contributed by atoms with Crippen LogP contribution in [0.1, 0.15) is 24.5 Å². The van der Waals surface area contributed by atoms with Gasteiger partial charge in [0.2, 0.25) is 0 Å². The van der Waals surface area contributed by atoms with Crippen molar-refractivity contribution in [1.82, 2.24) is 0 Å². The molecule has 0 radical (unpaired) electrons. The summed E-state index contributed by atoms with van der Waals surface area (Å²) in [6.45, 7) is 0.998. The Balaban J connectivity index is 2.34. The van der Waals surface area contributed by atoms with Gasteiger partial charge in [0.1, 0.15) is 0 Å². The Hall–Kier alpha value is -0.600. The van der Waals surface area contributed by atoms with Crippen molar-refractivity contribution in [1.29, 1.82) is 5.26 Å². The quantitative estimate of drug-likeness (QED) is 0.903. The maximum Gasteiger partial charge on any atom is 0.0992 e. The summed E-state index contributed by atoms with van der Waals surface area (Å²) in [5.41, 5.74) is -0.196. The molecule has 3 nitrogen and oxygen atoms in total. The molecule has 1 fully saturated rings. The predicted octanol–water partition coefficient (Wildman–Crippen LogP) is 3.46. The molecule has 1 aromatic carbocycles. The maximum atomic E-state index is 10.5. The van der Waals surface area contributed by atoms with E-state index in [1.54, 1.807) is 12.1 Å². The van der Waals surface area contributed by atoms with E-state index < -0.39 is 11.5 Å². The smallest absolute Gasteiger partial charge is 0.0992 e. The fourth-order valence-corrected chi connectivity index (χ4v) is 2.98. The van der Waals surface area contributed by atoms with Crippen LogP contribution in [0, 0.1) is 16.7 Å². The SMILES string of the molecule is N#CC1(C(O)c2ccc(Br)cc2Cl)CCOCC1. The van der Waals surface area contributed by atoms with E-state index in [1.807, 2.05) is 6.07 Å². The van der Waals surface area contributed by atoms with E-state index in [-0.39, 0.29) is 0 Å². The van der Waals surface area contributed by atoms with Gasteiger partial charge in [-0.25, -0.2) is 0 Å². The van der Waals surface area contributed by atoms with Crippen LogP contribution in [0.15, 0.2) is 22.7 Å². The molecule has 0 aromatic heterocycles. The lowest BCUT2D eigenvalue weighted by Gasteiger charge is -2.35. The van der Waals surface area contributed by atoms with E-state index in [9.17, 15) is 10.4 Å². The Labute approximate surface area is 119 Å². The van der Waals surface area contributed by atoms with E-state index >= 15 is 0 Å². The molecule has 1 unspecified atom stereocenters. The Bertz CT molecular complexity index is 480. The Kier molecular flexibility index (Phi) is 4.29. The molecule has 1 heterocycles. The van der Waals surface area contributed by atoms with Crippen molar-refractivity contribution < 1.29 is 9.84 Å². The van der Waals surface area contributed by atoms with Crippen molar-refractivity contribution in [2.75, 3.05) is 13.2 Å². The number of ether oxygens (including phenoxy) is 1. The molecule has 1 aliphatic heterocycles. The number of nitrogens with zero attached hydrogens (tertiary/aromatic N) is 1. The third-order valence-electron chi connectivity index (χ3n) is 3.39. The third-order valence-corrected chi connectivity index (χ3v) is 4.21. The van der Waals surface area contributed by atoms with E-state index in [2.05, 4.69) is 22.0 Å². The first-order valence-corrected chi connectivity index (χ1v) is 6.88. The van der Waals surface area contributed by atoms with Gasteiger partial charge in [-0.05, 0) is 25.0 Å². The van der Waals surface area contributed by atoms with Crippen LogP contribution in [0.4, 0.5) is 0 Å². The van der Waals surface area contributed by atoms with Gasteiger partial charge in [-0.1, -0.05) is 33.6 Å². The van der Waals surface area contributed by atoms with Crippen molar-refractivity contribution >= 4 is 27.5 Å². The van der Waals surface area contributed by atoms with E-state index in [1.165, 1.54) is 0 Å². The van der Waals surface area contributed by atoms with Crippen LogP contribution >= 0.6 is 27.5 Å². The van der Waals surface area contributed by atoms with Gasteiger partial charge in [-0.3, -0.25) is 0 Å². The molecule has 0 spiro atoms. The van der Waals surface area contributed by atoms with Gasteiger partial charge in [-0.2, -0.15) is 5.26 Å². The largest absolute Gasteiger partial charge is 0.387 e. The molecular formula is C13H13BrClNO2. The van der Waals surface area contributed by atoms with Crippen molar-refractivity contribution in [3.63, 3.8) is 0 Å². The Morgan fingerprint density at radius 3 is 2.67 bits per heavy atom. The molecule has 1 aromatic rings. The normalized spacial score (nSPS) is 20.1. The highest BCUT2D eigenvalue weighted by Gasteiger charge is 2.41. The van der Waals surface area contributed by atoms with Crippen LogP contribution in [-0.4, -0.2) is 18.3 Å². The molecule has 0 aliphatic carbocycles.